The number of hydrogen-bond donors (Lipinski definition) is 3. The number of amides is 1. The first-order valence-corrected chi connectivity index (χ1v) is 6.51. The van der Waals surface area contributed by atoms with E-state index in [1.165, 1.54) is 25.7 Å². The molecule has 1 amide bonds. The van der Waals surface area contributed by atoms with E-state index in [9.17, 15) is 4.79 Å². The summed E-state index contributed by atoms with van der Waals surface area (Å²) >= 11 is 0. The fourth-order valence-corrected chi connectivity index (χ4v) is 2.38. The van der Waals surface area contributed by atoms with Crippen molar-refractivity contribution < 1.29 is 4.79 Å². The zero-order valence-corrected chi connectivity index (χ0v) is 10.2. The van der Waals surface area contributed by atoms with E-state index in [-0.39, 0.29) is 5.91 Å². The Bertz CT molecular complexity index is 425. The number of rotatable bonds is 5. The lowest BCUT2D eigenvalue weighted by Gasteiger charge is -2.17. The summed E-state index contributed by atoms with van der Waals surface area (Å²) in [7, 11) is 0. The summed E-state index contributed by atoms with van der Waals surface area (Å²) in [6.07, 6.45) is 6.60. The van der Waals surface area contributed by atoms with Gasteiger partial charge in [0.25, 0.3) is 5.91 Å². The molecule has 1 aromatic heterocycles. The molecular weight excluding hydrogens is 228 g/mol. The summed E-state index contributed by atoms with van der Waals surface area (Å²) in [5.41, 5.74) is 3.05. The highest BCUT2D eigenvalue weighted by molar-refractivity contribution is 5.94. The maximum atomic E-state index is 12.1. The lowest BCUT2D eigenvalue weighted by Crippen LogP contribution is -2.38. The molecule has 0 radical (unpaired) electrons. The topological polar surface area (TPSA) is 80.0 Å². The van der Waals surface area contributed by atoms with Gasteiger partial charge in [0, 0.05) is 12.2 Å². The van der Waals surface area contributed by atoms with Gasteiger partial charge in [0.15, 0.2) is 0 Å². The molecule has 3 rings (SSSR count). The van der Waals surface area contributed by atoms with Crippen LogP contribution in [0.25, 0.3) is 0 Å². The normalized spacial score (nSPS) is 18.8. The molecule has 2 aliphatic rings. The van der Waals surface area contributed by atoms with Crippen LogP contribution in [0.15, 0.2) is 18.3 Å². The van der Waals surface area contributed by atoms with E-state index in [0.717, 1.165) is 0 Å². The summed E-state index contributed by atoms with van der Waals surface area (Å²) in [5.74, 6) is 7.20. The Balaban J connectivity index is 1.65. The molecule has 5 heteroatoms. The first-order chi connectivity index (χ1) is 8.78. The Morgan fingerprint density at radius 3 is 2.39 bits per heavy atom. The maximum Gasteiger partial charge on any atom is 0.253 e. The van der Waals surface area contributed by atoms with Crippen molar-refractivity contribution in [1.29, 1.82) is 0 Å². The largest absolute Gasteiger partial charge is 0.349 e. The van der Waals surface area contributed by atoms with Gasteiger partial charge in [0.2, 0.25) is 0 Å². The second-order valence-corrected chi connectivity index (χ2v) is 5.25. The Labute approximate surface area is 106 Å². The fourth-order valence-electron chi connectivity index (χ4n) is 2.38. The average Bonchev–Trinajstić information content (AvgIpc) is 3.29. The van der Waals surface area contributed by atoms with Crippen LogP contribution < -0.4 is 16.6 Å². The molecule has 0 spiro atoms. The van der Waals surface area contributed by atoms with Crippen molar-refractivity contribution in [3.63, 3.8) is 0 Å². The molecule has 5 nitrogen and oxygen atoms in total. The van der Waals surface area contributed by atoms with Crippen LogP contribution in [0.4, 0.5) is 5.82 Å². The molecule has 4 N–H and O–H groups in total. The van der Waals surface area contributed by atoms with Gasteiger partial charge in [-0.2, -0.15) is 0 Å². The predicted octanol–water partition coefficient (Wildman–Crippen LogP) is 1.29. The van der Waals surface area contributed by atoms with Crippen LogP contribution in [-0.4, -0.2) is 16.9 Å². The quantitative estimate of drug-likeness (QED) is 0.540. The summed E-state index contributed by atoms with van der Waals surface area (Å²) in [4.78, 5) is 16.2. The van der Waals surface area contributed by atoms with E-state index >= 15 is 0 Å². The van der Waals surface area contributed by atoms with E-state index in [1.807, 2.05) is 0 Å². The molecule has 96 valence electrons. The van der Waals surface area contributed by atoms with Gasteiger partial charge in [-0.25, -0.2) is 10.8 Å². The molecule has 0 bridgehead atoms. The van der Waals surface area contributed by atoms with E-state index in [1.54, 1.807) is 18.3 Å². The number of carbonyl (C=O) groups is 1. The zero-order valence-electron chi connectivity index (χ0n) is 10.2. The third-order valence-electron chi connectivity index (χ3n) is 3.73. The summed E-state index contributed by atoms with van der Waals surface area (Å²) in [5, 5.41) is 3.16. The Morgan fingerprint density at radius 1 is 1.28 bits per heavy atom. The number of nitrogen functional groups attached to an aromatic ring is 1. The van der Waals surface area contributed by atoms with Crippen LogP contribution >= 0.6 is 0 Å². The third-order valence-corrected chi connectivity index (χ3v) is 3.73. The number of carbonyl (C=O) groups excluding carboxylic acids is 1. The van der Waals surface area contributed by atoms with Crippen molar-refractivity contribution in [3.05, 3.63) is 23.9 Å². The van der Waals surface area contributed by atoms with Crippen molar-refractivity contribution in [3.8, 4) is 0 Å². The van der Waals surface area contributed by atoms with Crippen LogP contribution in [0.5, 0.6) is 0 Å². The van der Waals surface area contributed by atoms with Crippen LogP contribution in [0.2, 0.25) is 0 Å². The third kappa shape index (κ3) is 2.46. The van der Waals surface area contributed by atoms with Crippen molar-refractivity contribution in [2.45, 2.75) is 31.7 Å². The number of pyridine rings is 1. The number of aromatic nitrogens is 1. The molecular formula is C13H18N4O. The van der Waals surface area contributed by atoms with Gasteiger partial charge in [-0.15, -0.1) is 0 Å². The van der Waals surface area contributed by atoms with Crippen molar-refractivity contribution in [2.75, 3.05) is 5.43 Å². The lowest BCUT2D eigenvalue weighted by atomic mass is 10.1. The highest BCUT2D eigenvalue weighted by atomic mass is 16.1. The second kappa shape index (κ2) is 4.57. The highest BCUT2D eigenvalue weighted by Gasteiger charge is 2.42. The maximum absolute atomic E-state index is 12.1. The van der Waals surface area contributed by atoms with Gasteiger partial charge in [-0.1, -0.05) is 0 Å². The fraction of sp³-hybridized carbons (Fsp3) is 0.538. The first-order valence-electron chi connectivity index (χ1n) is 6.51. The Morgan fingerprint density at radius 2 is 1.94 bits per heavy atom. The van der Waals surface area contributed by atoms with E-state index in [0.29, 0.717) is 29.3 Å². The second-order valence-electron chi connectivity index (χ2n) is 5.25. The molecule has 0 unspecified atom stereocenters. The van der Waals surface area contributed by atoms with Crippen molar-refractivity contribution >= 4 is 11.7 Å². The molecule has 18 heavy (non-hydrogen) atoms. The van der Waals surface area contributed by atoms with Crippen LogP contribution in [0.1, 0.15) is 36.0 Å². The molecule has 0 atom stereocenters. The zero-order chi connectivity index (χ0) is 12.5. The minimum atomic E-state index is -0.0186. The Kier molecular flexibility index (Phi) is 2.91. The molecule has 0 aliphatic heterocycles. The standard InChI is InChI=1S/C13H18N4O/c14-17-11-6-5-10(7-15-11)13(18)16-12(8-1-2-8)9-3-4-9/h5-9,12H,1-4,14H2,(H,15,17)(H,16,18). The number of nitrogens with one attached hydrogen (secondary N) is 2. The molecule has 2 fully saturated rings. The molecule has 1 aromatic rings. The average molecular weight is 246 g/mol. The van der Waals surface area contributed by atoms with E-state index < -0.39 is 0 Å². The van der Waals surface area contributed by atoms with Gasteiger partial charge in [0.1, 0.15) is 5.82 Å². The van der Waals surface area contributed by atoms with Gasteiger partial charge in [-0.05, 0) is 49.7 Å². The molecule has 2 saturated carbocycles. The Hall–Kier alpha value is -1.62. The predicted molar refractivity (Wildman–Crippen MR) is 68.7 cm³/mol. The summed E-state index contributed by atoms with van der Waals surface area (Å²) in [6.45, 7) is 0. The molecule has 1 heterocycles. The smallest absolute Gasteiger partial charge is 0.253 e. The van der Waals surface area contributed by atoms with Gasteiger partial charge in [0.05, 0.1) is 5.56 Å². The van der Waals surface area contributed by atoms with E-state index in [2.05, 4.69) is 15.7 Å². The number of hydrazine groups is 1. The first kappa shape index (κ1) is 11.5. The number of anilines is 1. The van der Waals surface area contributed by atoms with Crippen LogP contribution in [0, 0.1) is 11.8 Å². The minimum Gasteiger partial charge on any atom is -0.349 e. The van der Waals surface area contributed by atoms with Crippen molar-refractivity contribution in [1.82, 2.24) is 10.3 Å². The monoisotopic (exact) mass is 246 g/mol. The SMILES string of the molecule is NNc1ccc(C(=O)NC(C2CC2)C2CC2)cn1. The summed E-state index contributed by atoms with van der Waals surface area (Å²) in [6, 6.07) is 3.83. The van der Waals surface area contributed by atoms with Gasteiger partial charge < -0.3 is 10.7 Å². The number of nitrogens with zero attached hydrogens (tertiary/aromatic N) is 1. The molecule has 0 saturated heterocycles. The van der Waals surface area contributed by atoms with Gasteiger partial charge >= 0.3 is 0 Å². The van der Waals surface area contributed by atoms with Crippen LogP contribution in [-0.2, 0) is 0 Å². The summed E-state index contributed by atoms with van der Waals surface area (Å²) < 4.78 is 0. The number of nitrogens with two attached hydrogens (primary N) is 1. The molecule has 0 aromatic carbocycles. The van der Waals surface area contributed by atoms with E-state index in [4.69, 9.17) is 5.84 Å². The van der Waals surface area contributed by atoms with Crippen molar-refractivity contribution in [2.24, 2.45) is 17.7 Å². The minimum absolute atomic E-state index is 0.0186. The lowest BCUT2D eigenvalue weighted by molar-refractivity contribution is 0.0926. The van der Waals surface area contributed by atoms with Gasteiger partial charge in [-0.3, -0.25) is 4.79 Å². The van der Waals surface area contributed by atoms with Crippen LogP contribution in [0.3, 0.4) is 0 Å². The highest BCUT2D eigenvalue weighted by Crippen LogP contribution is 2.44. The molecule has 2 aliphatic carbocycles. The number of hydrogen-bond acceptors (Lipinski definition) is 4.